The molecule has 17 heavy (non-hydrogen) atoms. The van der Waals surface area contributed by atoms with Gasteiger partial charge in [0, 0.05) is 18.2 Å². The summed E-state index contributed by atoms with van der Waals surface area (Å²) in [6.07, 6.45) is 1.36. The second kappa shape index (κ2) is 5.15. The number of hydrogen-bond acceptors (Lipinski definition) is 2. The number of benzene rings is 1. The number of aryl methyl sites for hydroxylation is 1. The molecule has 1 aliphatic rings. The summed E-state index contributed by atoms with van der Waals surface area (Å²) in [5, 5.41) is 0. The third-order valence-corrected chi connectivity index (χ3v) is 2.93. The lowest BCUT2D eigenvalue weighted by Gasteiger charge is -2.32. The molecule has 2 rings (SSSR count). The third kappa shape index (κ3) is 2.74. The number of anilines is 1. The molecule has 3 heteroatoms. The maximum atomic E-state index is 11.8. The molecule has 90 valence electrons. The molecule has 1 fully saturated rings. The Morgan fingerprint density at radius 2 is 2.12 bits per heavy atom. The predicted molar refractivity (Wildman–Crippen MR) is 68.0 cm³/mol. The first-order valence-electron chi connectivity index (χ1n) is 5.79. The van der Waals surface area contributed by atoms with Crippen molar-refractivity contribution in [2.45, 2.75) is 6.92 Å². The molecule has 0 atom stereocenters. The molecular weight excluding hydrogens is 214 g/mol. The Morgan fingerprint density at radius 1 is 1.47 bits per heavy atom. The van der Waals surface area contributed by atoms with Crippen molar-refractivity contribution in [1.82, 2.24) is 0 Å². The zero-order chi connectivity index (χ0) is 12.3. The number of carbonyl (C=O) groups excluding carboxylic acids is 1. The molecule has 0 spiro atoms. The minimum absolute atomic E-state index is 0.0549. The first-order valence-corrected chi connectivity index (χ1v) is 5.79. The number of ether oxygens (including phenoxy) is 1. The highest BCUT2D eigenvalue weighted by Crippen LogP contribution is 2.20. The van der Waals surface area contributed by atoms with Crippen molar-refractivity contribution in [3.8, 4) is 0 Å². The van der Waals surface area contributed by atoms with Crippen molar-refractivity contribution in [2.75, 3.05) is 24.7 Å². The molecule has 1 aromatic carbocycles. The Balaban J connectivity index is 2.15. The van der Waals surface area contributed by atoms with E-state index >= 15 is 0 Å². The van der Waals surface area contributed by atoms with Gasteiger partial charge in [0.1, 0.15) is 0 Å². The van der Waals surface area contributed by atoms with Crippen molar-refractivity contribution < 1.29 is 9.53 Å². The number of nitrogens with zero attached hydrogens (tertiary/aromatic N) is 1. The van der Waals surface area contributed by atoms with Crippen LogP contribution in [0.15, 0.2) is 36.9 Å². The van der Waals surface area contributed by atoms with E-state index in [4.69, 9.17) is 4.74 Å². The summed E-state index contributed by atoms with van der Waals surface area (Å²) in [6, 6.07) is 7.96. The Morgan fingerprint density at radius 3 is 2.59 bits per heavy atom. The van der Waals surface area contributed by atoms with Crippen molar-refractivity contribution in [2.24, 2.45) is 5.92 Å². The monoisotopic (exact) mass is 231 g/mol. The van der Waals surface area contributed by atoms with Crippen LogP contribution in [0.2, 0.25) is 0 Å². The maximum absolute atomic E-state index is 11.8. The van der Waals surface area contributed by atoms with Gasteiger partial charge in [-0.25, -0.2) is 0 Å². The Bertz CT molecular complexity index is 407. The SMILES string of the molecule is C=CC(=O)N(CC1COC1)c1ccc(C)cc1. The summed E-state index contributed by atoms with van der Waals surface area (Å²) < 4.78 is 5.14. The van der Waals surface area contributed by atoms with Crippen molar-refractivity contribution >= 4 is 11.6 Å². The molecule has 1 heterocycles. The van der Waals surface area contributed by atoms with Crippen LogP contribution in [0.3, 0.4) is 0 Å². The highest BCUT2D eigenvalue weighted by molar-refractivity contribution is 6.01. The lowest BCUT2D eigenvalue weighted by Crippen LogP contribution is -2.42. The number of carbonyl (C=O) groups is 1. The van der Waals surface area contributed by atoms with Gasteiger partial charge in [-0.2, -0.15) is 0 Å². The molecule has 0 radical (unpaired) electrons. The van der Waals surface area contributed by atoms with E-state index in [9.17, 15) is 4.79 Å². The van der Waals surface area contributed by atoms with E-state index in [1.165, 1.54) is 11.6 Å². The van der Waals surface area contributed by atoms with Crippen LogP contribution in [-0.2, 0) is 9.53 Å². The quantitative estimate of drug-likeness (QED) is 0.743. The molecule has 0 N–H and O–H groups in total. The minimum Gasteiger partial charge on any atom is -0.381 e. The van der Waals surface area contributed by atoms with Gasteiger partial charge in [-0.15, -0.1) is 0 Å². The van der Waals surface area contributed by atoms with Gasteiger partial charge in [-0.05, 0) is 25.1 Å². The zero-order valence-corrected chi connectivity index (χ0v) is 10.1. The molecule has 1 aliphatic heterocycles. The molecule has 1 amide bonds. The fourth-order valence-electron chi connectivity index (χ4n) is 1.81. The summed E-state index contributed by atoms with van der Waals surface area (Å²) in [7, 11) is 0. The Hall–Kier alpha value is -1.61. The molecule has 3 nitrogen and oxygen atoms in total. The third-order valence-electron chi connectivity index (χ3n) is 2.93. The van der Waals surface area contributed by atoms with E-state index in [0.29, 0.717) is 12.5 Å². The first kappa shape index (κ1) is 11.9. The molecule has 0 unspecified atom stereocenters. The van der Waals surface area contributed by atoms with E-state index in [0.717, 1.165) is 18.9 Å². The van der Waals surface area contributed by atoms with Crippen LogP contribution >= 0.6 is 0 Å². The van der Waals surface area contributed by atoms with Crippen LogP contribution in [-0.4, -0.2) is 25.7 Å². The highest BCUT2D eigenvalue weighted by Gasteiger charge is 2.24. The van der Waals surface area contributed by atoms with Crippen molar-refractivity contribution in [3.05, 3.63) is 42.5 Å². The second-order valence-corrected chi connectivity index (χ2v) is 4.39. The Kier molecular flexibility index (Phi) is 3.59. The van der Waals surface area contributed by atoms with Crippen LogP contribution in [0.25, 0.3) is 0 Å². The van der Waals surface area contributed by atoms with Gasteiger partial charge in [0.15, 0.2) is 0 Å². The van der Waals surface area contributed by atoms with Gasteiger partial charge in [0.05, 0.1) is 13.2 Å². The van der Waals surface area contributed by atoms with Gasteiger partial charge in [0.25, 0.3) is 0 Å². The van der Waals surface area contributed by atoms with E-state index in [1.54, 1.807) is 4.90 Å². The first-order chi connectivity index (χ1) is 8.20. The summed E-state index contributed by atoms with van der Waals surface area (Å²) in [5.41, 5.74) is 2.11. The summed E-state index contributed by atoms with van der Waals surface area (Å²) in [4.78, 5) is 13.6. The average molecular weight is 231 g/mol. The summed E-state index contributed by atoms with van der Waals surface area (Å²) in [6.45, 7) is 7.77. The van der Waals surface area contributed by atoms with Crippen LogP contribution < -0.4 is 4.90 Å². The van der Waals surface area contributed by atoms with Gasteiger partial charge in [-0.3, -0.25) is 4.79 Å². The molecular formula is C14H17NO2. The van der Waals surface area contributed by atoms with Crippen LogP contribution in [0.1, 0.15) is 5.56 Å². The molecule has 0 aliphatic carbocycles. The topological polar surface area (TPSA) is 29.5 Å². The normalized spacial score (nSPS) is 15.1. The van der Waals surface area contributed by atoms with Crippen LogP contribution in [0, 0.1) is 12.8 Å². The van der Waals surface area contributed by atoms with E-state index in [1.807, 2.05) is 31.2 Å². The van der Waals surface area contributed by atoms with Crippen LogP contribution in [0.4, 0.5) is 5.69 Å². The van der Waals surface area contributed by atoms with E-state index in [2.05, 4.69) is 6.58 Å². The van der Waals surface area contributed by atoms with Crippen LogP contribution in [0.5, 0.6) is 0 Å². The van der Waals surface area contributed by atoms with Crippen molar-refractivity contribution in [3.63, 3.8) is 0 Å². The number of hydrogen-bond donors (Lipinski definition) is 0. The standard InChI is InChI=1S/C14H17NO2/c1-3-14(16)15(8-12-9-17-10-12)13-6-4-11(2)5-7-13/h3-7,12H,1,8-10H2,2H3. The smallest absolute Gasteiger partial charge is 0.250 e. The summed E-state index contributed by atoms with van der Waals surface area (Å²) in [5.74, 6) is 0.390. The fraction of sp³-hybridized carbons (Fsp3) is 0.357. The predicted octanol–water partition coefficient (Wildman–Crippen LogP) is 2.16. The lowest BCUT2D eigenvalue weighted by atomic mass is 10.1. The molecule has 0 saturated carbocycles. The highest BCUT2D eigenvalue weighted by atomic mass is 16.5. The average Bonchev–Trinajstić information content (AvgIpc) is 2.29. The molecule has 1 aromatic rings. The zero-order valence-electron chi connectivity index (χ0n) is 10.1. The minimum atomic E-state index is -0.0549. The second-order valence-electron chi connectivity index (χ2n) is 4.39. The van der Waals surface area contributed by atoms with Gasteiger partial charge in [0.2, 0.25) is 5.91 Å². The Labute approximate surface area is 102 Å². The lowest BCUT2D eigenvalue weighted by molar-refractivity contribution is -0.115. The van der Waals surface area contributed by atoms with E-state index < -0.39 is 0 Å². The van der Waals surface area contributed by atoms with Gasteiger partial charge < -0.3 is 9.64 Å². The number of rotatable bonds is 4. The molecule has 0 aromatic heterocycles. The maximum Gasteiger partial charge on any atom is 0.250 e. The molecule has 0 bridgehead atoms. The largest absolute Gasteiger partial charge is 0.381 e. The molecule has 1 saturated heterocycles. The van der Waals surface area contributed by atoms with Gasteiger partial charge >= 0.3 is 0 Å². The van der Waals surface area contributed by atoms with E-state index in [-0.39, 0.29) is 5.91 Å². The fourth-order valence-corrected chi connectivity index (χ4v) is 1.81. The number of amides is 1. The van der Waals surface area contributed by atoms with Gasteiger partial charge in [-0.1, -0.05) is 24.3 Å². The summed E-state index contributed by atoms with van der Waals surface area (Å²) >= 11 is 0. The van der Waals surface area contributed by atoms with Crippen molar-refractivity contribution in [1.29, 1.82) is 0 Å².